The van der Waals surface area contributed by atoms with E-state index in [1.54, 1.807) is 11.5 Å². The van der Waals surface area contributed by atoms with Crippen molar-refractivity contribution in [2.24, 2.45) is 35.5 Å². The lowest BCUT2D eigenvalue weighted by molar-refractivity contribution is -0.142. The van der Waals surface area contributed by atoms with Crippen LogP contribution in [0.15, 0.2) is 24.3 Å². The minimum atomic E-state index is -1.91. The third kappa shape index (κ3) is 3.72. The second-order valence-corrected chi connectivity index (χ2v) is 12.3. The third-order valence-electron chi connectivity index (χ3n) is 9.63. The van der Waals surface area contributed by atoms with E-state index in [2.05, 4.69) is 34.5 Å². The minimum Gasteiger partial charge on any atom is -0.352 e. The van der Waals surface area contributed by atoms with Crippen LogP contribution in [0.5, 0.6) is 0 Å². The van der Waals surface area contributed by atoms with Crippen molar-refractivity contribution >= 4 is 39.3 Å². The monoisotopic (exact) mass is 494 g/mol. The number of piperazine rings is 1. The van der Waals surface area contributed by atoms with Gasteiger partial charge in [0.1, 0.15) is 5.82 Å². The van der Waals surface area contributed by atoms with Crippen LogP contribution in [0.25, 0.3) is 10.1 Å². The van der Waals surface area contributed by atoms with Crippen molar-refractivity contribution in [2.75, 3.05) is 31.0 Å². The fraction of sp³-hybridized carbons (Fsp3) is 0.679. The largest absolute Gasteiger partial charge is 0.352 e. The number of hydrogen-bond acceptors (Lipinski definition) is 6. The number of aromatic nitrogens is 1. The fourth-order valence-corrected chi connectivity index (χ4v) is 8.80. The highest BCUT2D eigenvalue weighted by molar-refractivity contribution is 7.13. The van der Waals surface area contributed by atoms with Crippen molar-refractivity contribution in [3.05, 3.63) is 24.3 Å². The predicted molar refractivity (Wildman–Crippen MR) is 138 cm³/mol. The molecule has 2 aliphatic heterocycles. The van der Waals surface area contributed by atoms with Crippen LogP contribution in [0.1, 0.15) is 54.1 Å². The molecule has 186 valence electrons. The molecule has 5 fully saturated rings. The summed E-state index contributed by atoms with van der Waals surface area (Å²) in [4.78, 5) is 30.5. The maximum Gasteiger partial charge on any atom is 0.233 e. The summed E-state index contributed by atoms with van der Waals surface area (Å²) in [7, 11) is 0. The van der Waals surface area contributed by atoms with E-state index in [1.165, 1.54) is 10.1 Å². The molecule has 5 aliphatic rings. The molecule has 2 aromatic rings. The molecular formula is C28H36N4O2S. The average Bonchev–Trinajstić information content (AvgIpc) is 3.67. The quantitative estimate of drug-likeness (QED) is 0.628. The number of carbonyl (C=O) groups is 2. The fourth-order valence-electron chi connectivity index (χ4n) is 8.00. The zero-order valence-electron chi connectivity index (χ0n) is 22.2. The molecule has 7 heteroatoms. The maximum absolute atomic E-state index is 13.5. The second-order valence-electron chi connectivity index (χ2n) is 11.5. The Morgan fingerprint density at radius 2 is 1.77 bits per heavy atom. The van der Waals surface area contributed by atoms with Gasteiger partial charge in [0.15, 0.2) is 0 Å². The SMILES string of the molecule is [2H]C([2H])(C1CCCCC1CC1CN(c2nsc3ccccc23)CCN1)N1C(=O)[C@@H]2[C@H]3CCC(C3)[C@@H]2C1=O. The highest BCUT2D eigenvalue weighted by Crippen LogP contribution is 2.56. The highest BCUT2D eigenvalue weighted by atomic mass is 32.1. The molecule has 2 saturated heterocycles. The van der Waals surface area contributed by atoms with Gasteiger partial charge in [0.05, 0.1) is 19.3 Å². The van der Waals surface area contributed by atoms with E-state index in [0.717, 1.165) is 81.7 Å². The van der Waals surface area contributed by atoms with Crippen molar-refractivity contribution in [3.63, 3.8) is 0 Å². The Bertz CT molecular complexity index is 1190. The number of amides is 2. The molecule has 3 heterocycles. The summed E-state index contributed by atoms with van der Waals surface area (Å²) in [5, 5.41) is 4.88. The smallest absolute Gasteiger partial charge is 0.233 e. The molecule has 1 aromatic carbocycles. The first kappa shape index (κ1) is 20.1. The zero-order chi connectivity index (χ0) is 25.3. The van der Waals surface area contributed by atoms with Crippen molar-refractivity contribution in [3.8, 4) is 0 Å². The van der Waals surface area contributed by atoms with E-state index in [0.29, 0.717) is 0 Å². The van der Waals surface area contributed by atoms with E-state index in [9.17, 15) is 12.3 Å². The van der Waals surface area contributed by atoms with Crippen LogP contribution in [0.2, 0.25) is 0 Å². The number of imide groups is 1. The summed E-state index contributed by atoms with van der Waals surface area (Å²) in [5.74, 6) is 0.519. The molecule has 0 radical (unpaired) electrons. The Hall–Kier alpha value is -1.99. The van der Waals surface area contributed by atoms with Crippen LogP contribution in [-0.2, 0) is 9.59 Å². The number of nitrogens with zero attached hydrogens (tertiary/aromatic N) is 3. The Kier molecular flexibility index (Phi) is 5.08. The van der Waals surface area contributed by atoms with Gasteiger partial charge < -0.3 is 10.2 Å². The molecule has 2 bridgehead atoms. The number of hydrogen-bond donors (Lipinski definition) is 1. The molecule has 7 rings (SSSR count). The summed E-state index contributed by atoms with van der Waals surface area (Å²) >= 11 is 1.54. The van der Waals surface area contributed by atoms with Crippen molar-refractivity contribution in [1.82, 2.24) is 14.6 Å². The lowest BCUT2D eigenvalue weighted by Crippen LogP contribution is -2.52. The van der Waals surface area contributed by atoms with Gasteiger partial charge in [-0.2, -0.15) is 4.37 Å². The molecule has 7 atom stereocenters. The maximum atomic E-state index is 13.5. The number of anilines is 1. The van der Waals surface area contributed by atoms with Gasteiger partial charge in [-0.25, -0.2) is 0 Å². The standard InChI is InChI=1S/C28H36N4O2S/c33-27-24-18-9-10-19(13-18)25(24)28(34)32(27)15-20-6-2-1-5-17(20)14-21-16-31(12-11-29-21)26-22-7-3-4-8-23(22)35-30-26/h3-4,7-8,17-21,24-25,29H,1-2,5-6,9-16H2/t17?,18-,19?,20?,21?,24+,25-/m0/s1/i15D2. The number of likely N-dealkylation sites (tertiary alicyclic amines) is 1. The van der Waals surface area contributed by atoms with Crippen LogP contribution < -0.4 is 10.2 Å². The predicted octanol–water partition coefficient (Wildman–Crippen LogP) is 4.30. The van der Waals surface area contributed by atoms with Gasteiger partial charge in [-0.05, 0) is 79.4 Å². The average molecular weight is 495 g/mol. The molecule has 6 nitrogen and oxygen atoms in total. The Balaban J connectivity index is 1.09. The van der Waals surface area contributed by atoms with Gasteiger partial charge in [-0.1, -0.05) is 31.4 Å². The molecule has 1 aromatic heterocycles. The number of carbonyl (C=O) groups excluding carboxylic acids is 2. The van der Waals surface area contributed by atoms with Gasteiger partial charge in [-0.3, -0.25) is 14.5 Å². The Labute approximate surface area is 214 Å². The molecule has 3 aliphatic carbocycles. The summed E-state index contributed by atoms with van der Waals surface area (Å²) in [6.45, 7) is 0.703. The summed E-state index contributed by atoms with van der Waals surface area (Å²) < 4.78 is 24.4. The molecule has 4 unspecified atom stereocenters. The second kappa shape index (κ2) is 8.84. The molecular weight excluding hydrogens is 456 g/mol. The van der Waals surface area contributed by atoms with Gasteiger partial charge in [0.25, 0.3) is 0 Å². The zero-order valence-corrected chi connectivity index (χ0v) is 21.0. The molecule has 2 amide bonds. The van der Waals surface area contributed by atoms with Gasteiger partial charge in [0.2, 0.25) is 11.8 Å². The molecule has 35 heavy (non-hydrogen) atoms. The minimum absolute atomic E-state index is 0.145. The van der Waals surface area contributed by atoms with Crippen molar-refractivity contribution < 1.29 is 12.3 Å². The van der Waals surface area contributed by atoms with Gasteiger partial charge in [-0.15, -0.1) is 0 Å². The van der Waals surface area contributed by atoms with Crippen LogP contribution in [-0.4, -0.2) is 53.3 Å². The first-order valence-corrected chi connectivity index (χ1v) is 14.4. The van der Waals surface area contributed by atoms with E-state index < -0.39 is 6.50 Å². The lowest BCUT2D eigenvalue weighted by Gasteiger charge is -2.39. The number of nitrogens with one attached hydrogen (secondary N) is 1. The van der Waals surface area contributed by atoms with Crippen LogP contribution in [0.3, 0.4) is 0 Å². The van der Waals surface area contributed by atoms with E-state index >= 15 is 0 Å². The first-order valence-electron chi connectivity index (χ1n) is 14.6. The number of rotatable bonds is 5. The molecule has 1 N–H and O–H groups in total. The molecule has 0 spiro atoms. The van der Waals surface area contributed by atoms with E-state index in [-0.39, 0.29) is 53.4 Å². The normalized spacial score (nSPS) is 38.2. The number of fused-ring (bicyclic) bond motifs is 6. The topological polar surface area (TPSA) is 65.5 Å². The van der Waals surface area contributed by atoms with Crippen LogP contribution in [0, 0.1) is 35.5 Å². The van der Waals surface area contributed by atoms with Gasteiger partial charge in [0, 0.05) is 37.6 Å². The first-order chi connectivity index (χ1) is 17.9. The van der Waals surface area contributed by atoms with Crippen molar-refractivity contribution in [2.45, 2.75) is 57.4 Å². The summed E-state index contributed by atoms with van der Waals surface area (Å²) in [6, 6.07) is 8.61. The lowest BCUT2D eigenvalue weighted by atomic mass is 9.75. The Morgan fingerprint density at radius 1 is 1.03 bits per heavy atom. The highest BCUT2D eigenvalue weighted by Gasteiger charge is 2.61. The third-order valence-corrected chi connectivity index (χ3v) is 10.4. The summed E-state index contributed by atoms with van der Waals surface area (Å²) in [6.07, 6.45) is 7.62. The van der Waals surface area contributed by atoms with Crippen LogP contribution in [0.4, 0.5) is 5.82 Å². The van der Waals surface area contributed by atoms with Gasteiger partial charge >= 0.3 is 0 Å². The number of benzene rings is 1. The van der Waals surface area contributed by atoms with E-state index in [1.807, 2.05) is 0 Å². The van der Waals surface area contributed by atoms with Crippen LogP contribution >= 0.6 is 11.5 Å². The summed E-state index contributed by atoms with van der Waals surface area (Å²) in [5.41, 5.74) is 0. The molecule has 3 saturated carbocycles. The van der Waals surface area contributed by atoms with E-state index in [4.69, 9.17) is 4.37 Å². The van der Waals surface area contributed by atoms with Crippen molar-refractivity contribution in [1.29, 1.82) is 0 Å². The Morgan fingerprint density at radius 3 is 2.57 bits per heavy atom.